The minimum absolute atomic E-state index is 0.219. The van der Waals surface area contributed by atoms with Crippen molar-refractivity contribution in [3.63, 3.8) is 0 Å². The highest BCUT2D eigenvalue weighted by molar-refractivity contribution is 6.58. The molecule has 0 aromatic heterocycles. The van der Waals surface area contributed by atoms with E-state index < -0.39 is 12.9 Å². The van der Waals surface area contributed by atoms with Crippen molar-refractivity contribution in [2.24, 2.45) is 5.41 Å². The van der Waals surface area contributed by atoms with Gasteiger partial charge >= 0.3 is 7.12 Å². The Hall–Kier alpha value is -0.905. The lowest BCUT2D eigenvalue weighted by Gasteiger charge is -2.26. The molecule has 0 amide bonds. The number of hydrogen-bond donors (Lipinski definition) is 2. The first-order valence-electron chi connectivity index (χ1n) is 7.36. The van der Waals surface area contributed by atoms with Crippen LogP contribution in [0, 0.1) is 11.2 Å². The summed E-state index contributed by atoms with van der Waals surface area (Å²) in [6.07, 6.45) is 3.53. The van der Waals surface area contributed by atoms with Crippen molar-refractivity contribution in [1.82, 2.24) is 4.90 Å². The van der Waals surface area contributed by atoms with Gasteiger partial charge in [0, 0.05) is 13.1 Å². The summed E-state index contributed by atoms with van der Waals surface area (Å²) in [5.41, 5.74) is 1.42. The summed E-state index contributed by atoms with van der Waals surface area (Å²) in [5.74, 6) is -0.415. The largest absolute Gasteiger partial charge is 0.488 e. The van der Waals surface area contributed by atoms with Crippen LogP contribution in [0.25, 0.3) is 0 Å². The number of nitrogens with zero attached hydrogens (tertiary/aromatic N) is 1. The fourth-order valence-electron chi connectivity index (χ4n) is 3.16. The number of hydrogen-bond acceptors (Lipinski definition) is 3. The number of benzene rings is 1. The molecule has 0 atom stereocenters. The lowest BCUT2D eigenvalue weighted by atomic mass is 9.79. The molecule has 3 nitrogen and oxygen atoms in total. The highest BCUT2D eigenvalue weighted by Crippen LogP contribution is 2.37. The molecule has 1 aromatic rings. The number of halogens is 1. The van der Waals surface area contributed by atoms with Gasteiger partial charge in [0.25, 0.3) is 0 Å². The van der Waals surface area contributed by atoms with Crippen LogP contribution in [0.2, 0.25) is 0 Å². The molecular weight excluding hydrogens is 256 g/mol. The summed E-state index contributed by atoms with van der Waals surface area (Å²) in [7, 11) is -1.62. The molecule has 0 unspecified atom stereocenters. The lowest BCUT2D eigenvalue weighted by Crippen LogP contribution is -2.31. The highest BCUT2D eigenvalue weighted by Gasteiger charge is 2.34. The molecule has 5 heteroatoms. The summed E-state index contributed by atoms with van der Waals surface area (Å²) >= 11 is 0. The second kappa shape index (κ2) is 6.25. The Morgan fingerprint density at radius 1 is 1.25 bits per heavy atom. The summed E-state index contributed by atoms with van der Waals surface area (Å²) in [4.78, 5) is 2.33. The maximum Gasteiger partial charge on any atom is 0.488 e. The molecule has 110 valence electrons. The summed E-state index contributed by atoms with van der Waals surface area (Å²) in [5, 5.41) is 18.3. The quantitative estimate of drug-likeness (QED) is 0.803. The Bertz CT molecular complexity index is 463. The molecule has 1 fully saturated rings. The normalized spacial score (nSPS) is 18.4. The van der Waals surface area contributed by atoms with Gasteiger partial charge in [-0.05, 0) is 54.4 Å². The van der Waals surface area contributed by atoms with E-state index in [-0.39, 0.29) is 5.46 Å². The highest BCUT2D eigenvalue weighted by atomic mass is 19.1. The van der Waals surface area contributed by atoms with Crippen LogP contribution in [0.3, 0.4) is 0 Å². The maximum absolute atomic E-state index is 13.5. The van der Waals surface area contributed by atoms with Gasteiger partial charge in [-0.3, -0.25) is 4.90 Å². The molecule has 1 aliphatic heterocycles. The van der Waals surface area contributed by atoms with Crippen LogP contribution in [0.5, 0.6) is 0 Å². The molecule has 0 spiro atoms. The number of rotatable bonds is 5. The van der Waals surface area contributed by atoms with Crippen molar-refractivity contribution in [3.05, 3.63) is 29.6 Å². The van der Waals surface area contributed by atoms with Crippen molar-refractivity contribution < 1.29 is 14.4 Å². The molecule has 20 heavy (non-hydrogen) atoms. The lowest BCUT2D eigenvalue weighted by molar-refractivity contribution is 0.236. The predicted octanol–water partition coefficient (Wildman–Crippen LogP) is 1.52. The van der Waals surface area contributed by atoms with Gasteiger partial charge in [-0.25, -0.2) is 4.39 Å². The van der Waals surface area contributed by atoms with E-state index in [2.05, 4.69) is 18.7 Å². The van der Waals surface area contributed by atoms with E-state index in [1.54, 1.807) is 6.07 Å². The Morgan fingerprint density at radius 3 is 2.50 bits per heavy atom. The molecule has 0 aliphatic carbocycles. The monoisotopic (exact) mass is 279 g/mol. The molecule has 0 bridgehead atoms. The fraction of sp³-hybridized carbons (Fsp3) is 0.600. The molecular formula is C15H23BFNO2. The van der Waals surface area contributed by atoms with Gasteiger partial charge in [0.1, 0.15) is 5.82 Å². The van der Waals surface area contributed by atoms with Gasteiger partial charge < -0.3 is 10.0 Å². The third-order valence-electron chi connectivity index (χ3n) is 4.70. The van der Waals surface area contributed by atoms with E-state index in [9.17, 15) is 4.39 Å². The zero-order chi connectivity index (χ0) is 14.8. The molecule has 1 saturated heterocycles. The zero-order valence-electron chi connectivity index (χ0n) is 12.3. The molecule has 0 radical (unpaired) electrons. The van der Waals surface area contributed by atoms with Crippen molar-refractivity contribution in [2.45, 2.75) is 39.7 Å². The van der Waals surface area contributed by atoms with E-state index in [0.29, 0.717) is 12.0 Å². The topological polar surface area (TPSA) is 43.7 Å². The third kappa shape index (κ3) is 3.40. The third-order valence-corrected chi connectivity index (χ3v) is 4.70. The van der Waals surface area contributed by atoms with E-state index in [1.165, 1.54) is 31.4 Å². The van der Waals surface area contributed by atoms with Crippen LogP contribution in [-0.2, 0) is 6.54 Å². The van der Waals surface area contributed by atoms with Gasteiger partial charge in [0.15, 0.2) is 0 Å². The standard InChI is InChI=1S/C15H23BFNO2/c1-3-15(4-2)5-6-18(11-15)10-12-7-13(16(19)20)9-14(17)8-12/h7-9,19-20H,3-6,10-11H2,1-2H3. The Labute approximate surface area is 120 Å². The van der Waals surface area contributed by atoms with Gasteiger partial charge in [0.05, 0.1) is 0 Å². The first kappa shape index (κ1) is 15.5. The predicted molar refractivity (Wildman–Crippen MR) is 79.1 cm³/mol. The van der Waals surface area contributed by atoms with Crippen LogP contribution < -0.4 is 5.46 Å². The van der Waals surface area contributed by atoms with Crippen molar-refractivity contribution >= 4 is 12.6 Å². The Kier molecular flexibility index (Phi) is 4.84. The minimum atomic E-state index is -1.62. The van der Waals surface area contributed by atoms with E-state index in [0.717, 1.165) is 18.7 Å². The van der Waals surface area contributed by atoms with Gasteiger partial charge in [-0.2, -0.15) is 0 Å². The van der Waals surface area contributed by atoms with Crippen LogP contribution >= 0.6 is 0 Å². The van der Waals surface area contributed by atoms with Crippen LogP contribution in [0.15, 0.2) is 18.2 Å². The Balaban J connectivity index is 2.08. The molecule has 1 heterocycles. The first-order chi connectivity index (χ1) is 9.48. The van der Waals surface area contributed by atoms with Crippen LogP contribution in [0.4, 0.5) is 4.39 Å². The Morgan fingerprint density at radius 2 is 1.95 bits per heavy atom. The SMILES string of the molecule is CCC1(CC)CCN(Cc2cc(F)cc(B(O)O)c2)C1. The second-order valence-electron chi connectivity index (χ2n) is 5.93. The summed E-state index contributed by atoms with van der Waals surface area (Å²) < 4.78 is 13.5. The van der Waals surface area contributed by atoms with E-state index >= 15 is 0 Å². The molecule has 1 aromatic carbocycles. The summed E-state index contributed by atoms with van der Waals surface area (Å²) in [6.45, 7) is 7.19. The minimum Gasteiger partial charge on any atom is -0.423 e. The van der Waals surface area contributed by atoms with Crippen molar-refractivity contribution in [1.29, 1.82) is 0 Å². The van der Waals surface area contributed by atoms with Crippen LogP contribution in [-0.4, -0.2) is 35.2 Å². The maximum atomic E-state index is 13.5. The smallest absolute Gasteiger partial charge is 0.423 e. The molecule has 1 aliphatic rings. The van der Waals surface area contributed by atoms with Crippen LogP contribution in [0.1, 0.15) is 38.7 Å². The van der Waals surface area contributed by atoms with Gasteiger partial charge in [-0.1, -0.05) is 19.9 Å². The average Bonchev–Trinajstić information content (AvgIpc) is 2.82. The molecule has 2 rings (SSSR count). The van der Waals surface area contributed by atoms with Crippen molar-refractivity contribution in [2.75, 3.05) is 13.1 Å². The average molecular weight is 279 g/mol. The molecule has 0 saturated carbocycles. The van der Waals surface area contributed by atoms with E-state index in [4.69, 9.17) is 10.0 Å². The summed E-state index contributed by atoms with van der Waals surface area (Å²) in [6, 6.07) is 4.32. The van der Waals surface area contributed by atoms with Crippen molar-refractivity contribution in [3.8, 4) is 0 Å². The second-order valence-corrected chi connectivity index (χ2v) is 5.93. The first-order valence-corrected chi connectivity index (χ1v) is 7.36. The molecule has 2 N–H and O–H groups in total. The zero-order valence-corrected chi connectivity index (χ0v) is 12.3. The van der Waals surface area contributed by atoms with Gasteiger partial charge in [-0.15, -0.1) is 0 Å². The van der Waals surface area contributed by atoms with E-state index in [1.807, 2.05) is 0 Å². The number of likely N-dealkylation sites (tertiary alicyclic amines) is 1. The van der Waals surface area contributed by atoms with Gasteiger partial charge in [0.2, 0.25) is 0 Å². The fourth-order valence-corrected chi connectivity index (χ4v) is 3.16.